The molecule has 0 N–H and O–H groups in total. The van der Waals surface area contributed by atoms with Gasteiger partial charge in [0.05, 0.1) is 41.2 Å². The number of esters is 2. The molecule has 0 bridgehead atoms. The second-order valence-corrected chi connectivity index (χ2v) is 10.5. The lowest BCUT2D eigenvalue weighted by Gasteiger charge is -2.25. The Kier molecular flexibility index (Phi) is 7.72. The third-order valence-corrected chi connectivity index (χ3v) is 7.94. The van der Waals surface area contributed by atoms with Crippen LogP contribution in [0.25, 0.3) is 44.3 Å². The van der Waals surface area contributed by atoms with Crippen LogP contribution in [-0.2, 0) is 22.6 Å². The van der Waals surface area contributed by atoms with Gasteiger partial charge < -0.3 is 42.1 Å². The molecule has 0 spiro atoms. The summed E-state index contributed by atoms with van der Waals surface area (Å²) in [5.74, 6) is 1.13. The van der Waals surface area contributed by atoms with E-state index in [2.05, 4.69) is 0 Å². The van der Waals surface area contributed by atoms with Crippen molar-refractivity contribution in [1.82, 2.24) is 4.57 Å². The Bertz CT molecular complexity index is 2120. The van der Waals surface area contributed by atoms with Gasteiger partial charge in [-0.3, -0.25) is 9.59 Å². The molecular weight excluding hydrogens is 598 g/mol. The lowest BCUT2D eigenvalue weighted by molar-refractivity contribution is -0.133. The van der Waals surface area contributed by atoms with E-state index in [-0.39, 0.29) is 28.6 Å². The van der Waals surface area contributed by atoms with Crippen molar-refractivity contribution in [3.05, 3.63) is 52.4 Å². The number of aryl methyl sites for hydroxylation is 1. The molecule has 0 atom stereocenters. The molecule has 3 aromatic carbocycles. The summed E-state index contributed by atoms with van der Waals surface area (Å²) in [7, 11) is 7.51. The standard InChI is InChI=1S/C34H31NO11/c1-16(36)44-26-15-23-21(14-25(26)41-5)29-28(18-8-9-22(39-3)24(12-18)40-4)30-20-13-27(42-6)33(43-7)32(45-17(2)37)19(20)10-11-35(30)31(29)34(38)46-23/h8-9,12-15H,10-11H2,1-7H3. The number of hydrogen-bond acceptors (Lipinski definition) is 11. The molecular formula is C34H31NO11. The van der Waals surface area contributed by atoms with E-state index in [9.17, 15) is 14.4 Å². The molecule has 0 fully saturated rings. The van der Waals surface area contributed by atoms with Gasteiger partial charge in [0.25, 0.3) is 0 Å². The average Bonchev–Trinajstić information content (AvgIpc) is 3.40. The topological polar surface area (TPSA) is 134 Å². The molecule has 1 aliphatic rings. The molecule has 238 valence electrons. The second-order valence-electron chi connectivity index (χ2n) is 10.5. The van der Waals surface area contributed by atoms with Crippen LogP contribution in [0.2, 0.25) is 0 Å². The maximum absolute atomic E-state index is 13.9. The minimum absolute atomic E-state index is 0.106. The van der Waals surface area contributed by atoms with Crippen LogP contribution in [0.15, 0.2) is 45.6 Å². The SMILES string of the molecule is COc1ccc(-c2c3n(c4c(=O)oc5cc(OC(C)=O)c(OC)cc5c24)CCc2c-3cc(OC)c(OC)c2OC(C)=O)cc1OC. The van der Waals surface area contributed by atoms with Crippen LogP contribution in [-0.4, -0.2) is 52.1 Å². The zero-order valence-corrected chi connectivity index (χ0v) is 26.3. The van der Waals surface area contributed by atoms with Crippen molar-refractivity contribution >= 4 is 33.8 Å². The fourth-order valence-electron chi connectivity index (χ4n) is 6.17. The van der Waals surface area contributed by atoms with E-state index in [4.69, 9.17) is 37.6 Å². The van der Waals surface area contributed by atoms with Gasteiger partial charge in [0.15, 0.2) is 34.5 Å². The van der Waals surface area contributed by atoms with Crippen molar-refractivity contribution in [2.75, 3.05) is 35.5 Å². The van der Waals surface area contributed by atoms with Gasteiger partial charge in [-0.15, -0.1) is 0 Å². The van der Waals surface area contributed by atoms with Crippen LogP contribution >= 0.6 is 0 Å². The van der Waals surface area contributed by atoms with Gasteiger partial charge in [-0.2, -0.15) is 0 Å². The van der Waals surface area contributed by atoms with E-state index in [1.54, 1.807) is 25.3 Å². The molecule has 5 aromatic rings. The van der Waals surface area contributed by atoms with Crippen LogP contribution in [0.5, 0.6) is 40.2 Å². The van der Waals surface area contributed by atoms with E-state index in [1.165, 1.54) is 48.4 Å². The number of fused-ring (bicyclic) bond motifs is 7. The monoisotopic (exact) mass is 629 g/mol. The number of carbonyl (C=O) groups is 2. The number of rotatable bonds is 8. The van der Waals surface area contributed by atoms with Gasteiger partial charge in [-0.1, -0.05) is 6.07 Å². The second kappa shape index (κ2) is 11.7. The van der Waals surface area contributed by atoms with Crippen molar-refractivity contribution in [2.24, 2.45) is 0 Å². The number of carbonyl (C=O) groups excluding carboxylic acids is 2. The zero-order valence-electron chi connectivity index (χ0n) is 26.3. The Morgan fingerprint density at radius 2 is 1.41 bits per heavy atom. The predicted molar refractivity (Wildman–Crippen MR) is 168 cm³/mol. The quantitative estimate of drug-likeness (QED) is 0.122. The molecule has 0 saturated carbocycles. The predicted octanol–water partition coefficient (Wildman–Crippen LogP) is 5.53. The maximum Gasteiger partial charge on any atom is 0.361 e. The molecule has 0 saturated heterocycles. The fourth-order valence-corrected chi connectivity index (χ4v) is 6.17. The van der Waals surface area contributed by atoms with Gasteiger partial charge in [-0.25, -0.2) is 4.79 Å². The average molecular weight is 630 g/mol. The van der Waals surface area contributed by atoms with E-state index in [1.807, 2.05) is 16.7 Å². The fraction of sp³-hybridized carbons (Fsp3) is 0.265. The Morgan fingerprint density at radius 3 is 2.04 bits per heavy atom. The van der Waals surface area contributed by atoms with E-state index < -0.39 is 17.6 Å². The summed E-state index contributed by atoms with van der Waals surface area (Å²) in [5, 5.41) is 1.11. The van der Waals surface area contributed by atoms with Crippen LogP contribution in [0, 0.1) is 0 Å². The first kappa shape index (κ1) is 30.4. The highest BCUT2D eigenvalue weighted by molar-refractivity contribution is 6.17. The van der Waals surface area contributed by atoms with Gasteiger partial charge in [-0.05, 0) is 36.2 Å². The normalized spacial score (nSPS) is 11.9. The van der Waals surface area contributed by atoms with Crippen molar-refractivity contribution < 1.29 is 47.2 Å². The molecule has 0 aliphatic carbocycles. The van der Waals surface area contributed by atoms with Crippen molar-refractivity contribution in [1.29, 1.82) is 0 Å². The maximum atomic E-state index is 13.9. The van der Waals surface area contributed by atoms with Gasteiger partial charge in [0.1, 0.15) is 11.1 Å². The molecule has 6 rings (SSSR count). The molecule has 2 aromatic heterocycles. The minimum Gasteiger partial charge on any atom is -0.493 e. The summed E-state index contributed by atoms with van der Waals surface area (Å²) >= 11 is 0. The number of aromatic nitrogens is 1. The molecule has 46 heavy (non-hydrogen) atoms. The van der Waals surface area contributed by atoms with Crippen molar-refractivity contribution in [2.45, 2.75) is 26.8 Å². The molecule has 0 amide bonds. The van der Waals surface area contributed by atoms with Crippen LogP contribution < -0.4 is 38.8 Å². The van der Waals surface area contributed by atoms with Crippen LogP contribution in [0.3, 0.4) is 0 Å². The first-order valence-electron chi connectivity index (χ1n) is 14.2. The van der Waals surface area contributed by atoms with Crippen molar-refractivity contribution in [3.8, 4) is 62.6 Å². The highest BCUT2D eigenvalue weighted by atomic mass is 16.6. The number of hydrogen-bond donors (Lipinski definition) is 0. The highest BCUT2D eigenvalue weighted by Crippen LogP contribution is 2.53. The smallest absolute Gasteiger partial charge is 0.361 e. The Labute approximate surface area is 262 Å². The molecule has 0 unspecified atom stereocenters. The first-order chi connectivity index (χ1) is 22.1. The Morgan fingerprint density at radius 1 is 0.739 bits per heavy atom. The molecule has 12 heteroatoms. The van der Waals surface area contributed by atoms with Crippen LogP contribution in [0.4, 0.5) is 0 Å². The van der Waals surface area contributed by atoms with E-state index >= 15 is 0 Å². The molecule has 12 nitrogen and oxygen atoms in total. The third-order valence-electron chi connectivity index (χ3n) is 7.94. The summed E-state index contributed by atoms with van der Waals surface area (Å²) in [4.78, 5) is 38.0. The van der Waals surface area contributed by atoms with Crippen molar-refractivity contribution in [3.63, 3.8) is 0 Å². The lowest BCUT2D eigenvalue weighted by atomic mass is 9.91. The number of ether oxygens (including phenoxy) is 7. The number of benzene rings is 3. The number of nitrogens with zero attached hydrogens (tertiary/aromatic N) is 1. The molecule has 1 aliphatic heterocycles. The molecule has 3 heterocycles. The third kappa shape index (κ3) is 4.73. The van der Waals surface area contributed by atoms with Gasteiger partial charge in [0.2, 0.25) is 5.75 Å². The molecule has 0 radical (unpaired) electrons. The Balaban J connectivity index is 1.82. The van der Waals surface area contributed by atoms with Gasteiger partial charge >= 0.3 is 17.6 Å². The summed E-state index contributed by atoms with van der Waals surface area (Å²) in [6.07, 6.45) is 0.395. The minimum atomic E-state index is -0.599. The largest absolute Gasteiger partial charge is 0.493 e. The summed E-state index contributed by atoms with van der Waals surface area (Å²) in [5.41, 5.74) is 3.28. The highest BCUT2D eigenvalue weighted by Gasteiger charge is 2.34. The van der Waals surface area contributed by atoms with E-state index in [0.29, 0.717) is 74.5 Å². The summed E-state index contributed by atoms with van der Waals surface area (Å²) in [6, 6.07) is 10.4. The lowest BCUT2D eigenvalue weighted by Crippen LogP contribution is -2.17. The summed E-state index contributed by atoms with van der Waals surface area (Å²) < 4.78 is 46.9. The van der Waals surface area contributed by atoms with Gasteiger partial charge in [0, 0.05) is 53.9 Å². The van der Waals surface area contributed by atoms with Crippen LogP contribution in [0.1, 0.15) is 19.4 Å². The number of methoxy groups -OCH3 is 5. The van der Waals surface area contributed by atoms with E-state index in [0.717, 1.165) is 0 Å². The summed E-state index contributed by atoms with van der Waals surface area (Å²) in [6.45, 7) is 2.93. The first-order valence-corrected chi connectivity index (χ1v) is 14.2. The zero-order chi connectivity index (χ0) is 32.9. The Hall–Kier alpha value is -5.65.